The molecule has 1 heterocycles. The number of likely N-dealkylation sites (N-methyl/N-ethyl adjacent to an activating group) is 1. The largest absolute Gasteiger partial charge is 0.487 e. The average molecular weight is 590 g/mol. The monoisotopic (exact) mass is 589 g/mol. The normalized spacial score (nSPS) is 20.3. The van der Waals surface area contributed by atoms with Gasteiger partial charge in [-0.3, -0.25) is 0 Å². The molecule has 0 unspecified atom stereocenters. The second-order valence-corrected chi connectivity index (χ2v) is 12.0. The lowest BCUT2D eigenvalue weighted by atomic mass is 9.78. The Morgan fingerprint density at radius 1 is 1.08 bits per heavy atom. The second-order valence-electron chi connectivity index (χ2n) is 9.60. The lowest BCUT2D eigenvalue weighted by Gasteiger charge is -2.40. The molecule has 210 valence electrons. The fourth-order valence-corrected chi connectivity index (χ4v) is 6.44. The summed E-state index contributed by atoms with van der Waals surface area (Å²) >= 11 is 6.31. The summed E-state index contributed by atoms with van der Waals surface area (Å²) in [7, 11) is -0.632. The molecule has 0 saturated heterocycles. The maximum Gasteiger partial charge on any atom is 0.416 e. The highest BCUT2D eigenvalue weighted by atomic mass is 35.5. The quantitative estimate of drug-likeness (QED) is 0.313. The first kappa shape index (κ1) is 29.2. The predicted molar refractivity (Wildman–Crippen MR) is 134 cm³/mol. The van der Waals surface area contributed by atoms with Crippen molar-refractivity contribution in [1.29, 1.82) is 0 Å². The van der Waals surface area contributed by atoms with Gasteiger partial charge in [0.05, 0.1) is 22.0 Å². The minimum absolute atomic E-state index is 0.0163. The zero-order valence-corrected chi connectivity index (χ0v) is 22.5. The number of alkyl halides is 3. The molecule has 0 bridgehead atoms. The van der Waals surface area contributed by atoms with Gasteiger partial charge in [0, 0.05) is 18.3 Å². The Kier molecular flexibility index (Phi) is 8.48. The summed E-state index contributed by atoms with van der Waals surface area (Å²) in [5.74, 6) is -2.89. The first-order valence-corrected chi connectivity index (χ1v) is 14.0. The van der Waals surface area contributed by atoms with Crippen LogP contribution in [0.4, 0.5) is 22.0 Å². The Hall–Kier alpha value is -2.83. The highest BCUT2D eigenvalue weighted by Gasteiger charge is 2.37. The van der Waals surface area contributed by atoms with E-state index < -0.39 is 55.9 Å². The number of sulfone groups is 1. The van der Waals surface area contributed by atoms with Gasteiger partial charge >= 0.3 is 6.18 Å². The molecule has 1 saturated carbocycles. The van der Waals surface area contributed by atoms with E-state index in [0.717, 1.165) is 24.3 Å². The SMILES string of the molecule is CN(C)[C@H]1C[C@@H](c2cc(C(F)(F)F)ccc2F)CC[C@@H]1Oc1cc(F)c(S(=O)(=O)Cc2ccncn2)cc1Cl. The van der Waals surface area contributed by atoms with Crippen LogP contribution in [0.15, 0.2) is 53.8 Å². The Morgan fingerprint density at radius 3 is 2.46 bits per heavy atom. The van der Waals surface area contributed by atoms with Crippen LogP contribution in [0.2, 0.25) is 5.02 Å². The number of hydrogen-bond donors (Lipinski definition) is 0. The minimum Gasteiger partial charge on any atom is -0.487 e. The van der Waals surface area contributed by atoms with Crippen molar-refractivity contribution >= 4 is 21.4 Å². The van der Waals surface area contributed by atoms with Crippen LogP contribution >= 0.6 is 11.6 Å². The van der Waals surface area contributed by atoms with Gasteiger partial charge in [0.1, 0.15) is 34.7 Å². The van der Waals surface area contributed by atoms with Crippen LogP contribution in [0.5, 0.6) is 5.75 Å². The number of halogens is 6. The van der Waals surface area contributed by atoms with E-state index in [1.807, 2.05) is 0 Å². The van der Waals surface area contributed by atoms with E-state index in [-0.39, 0.29) is 34.5 Å². The van der Waals surface area contributed by atoms with E-state index in [1.54, 1.807) is 19.0 Å². The fraction of sp³-hybridized carbons (Fsp3) is 0.385. The van der Waals surface area contributed by atoms with E-state index in [0.29, 0.717) is 18.9 Å². The van der Waals surface area contributed by atoms with Gasteiger partial charge in [0.2, 0.25) is 0 Å². The lowest BCUT2D eigenvalue weighted by molar-refractivity contribution is -0.137. The van der Waals surface area contributed by atoms with Crippen LogP contribution in [0.3, 0.4) is 0 Å². The number of aromatic nitrogens is 2. The number of rotatable bonds is 7. The molecule has 2 aromatic carbocycles. The van der Waals surface area contributed by atoms with Crippen molar-refractivity contribution in [3.63, 3.8) is 0 Å². The number of benzene rings is 2. The van der Waals surface area contributed by atoms with Gasteiger partial charge in [0.15, 0.2) is 9.84 Å². The number of nitrogens with zero attached hydrogens (tertiary/aromatic N) is 3. The standard InChI is InChI=1S/C26H25ClF5N3O3S/c1-35(2)22-9-15(18-10-16(26(30,31)32)4-5-20(18)28)3-6-23(22)38-24-12-21(29)25(11-19(24)27)39(36,37)13-17-7-8-33-14-34-17/h4-5,7-8,10-12,14-15,22-23H,3,6,9,13H2,1-2H3/t15-,22-,23-/m0/s1. The summed E-state index contributed by atoms with van der Waals surface area (Å²) in [6.45, 7) is 0. The average Bonchev–Trinajstić information content (AvgIpc) is 2.86. The van der Waals surface area contributed by atoms with Crippen LogP contribution in [-0.2, 0) is 21.8 Å². The van der Waals surface area contributed by atoms with Gasteiger partial charge in [-0.15, -0.1) is 0 Å². The zero-order valence-electron chi connectivity index (χ0n) is 20.9. The summed E-state index contributed by atoms with van der Waals surface area (Å²) in [4.78, 5) is 8.77. The third-order valence-electron chi connectivity index (χ3n) is 6.76. The number of ether oxygens (including phenoxy) is 1. The molecule has 1 aliphatic rings. The molecule has 13 heteroatoms. The highest BCUT2D eigenvalue weighted by Crippen LogP contribution is 2.41. The van der Waals surface area contributed by atoms with Gasteiger partial charge in [-0.25, -0.2) is 27.2 Å². The second kappa shape index (κ2) is 11.3. The van der Waals surface area contributed by atoms with Gasteiger partial charge < -0.3 is 9.64 Å². The molecule has 3 aromatic rings. The van der Waals surface area contributed by atoms with Gasteiger partial charge in [0.25, 0.3) is 0 Å². The molecule has 39 heavy (non-hydrogen) atoms. The molecule has 0 aliphatic heterocycles. The summed E-state index contributed by atoms with van der Waals surface area (Å²) in [6.07, 6.45) is -1.70. The maximum absolute atomic E-state index is 15.0. The minimum atomic E-state index is -4.60. The molecule has 0 N–H and O–H groups in total. The molecule has 1 aromatic heterocycles. The topological polar surface area (TPSA) is 72.4 Å². The molecule has 3 atom stereocenters. The summed E-state index contributed by atoms with van der Waals surface area (Å²) in [5, 5.41) is -0.124. The Balaban J connectivity index is 1.55. The first-order valence-electron chi connectivity index (χ1n) is 11.9. The molecular formula is C26H25ClF5N3O3S. The number of hydrogen-bond acceptors (Lipinski definition) is 6. The van der Waals surface area contributed by atoms with Crippen LogP contribution < -0.4 is 4.74 Å². The van der Waals surface area contributed by atoms with Gasteiger partial charge in [-0.2, -0.15) is 13.2 Å². The Labute approximate surface area is 227 Å². The predicted octanol–water partition coefficient (Wildman–Crippen LogP) is 6.05. The highest BCUT2D eigenvalue weighted by molar-refractivity contribution is 7.90. The van der Waals surface area contributed by atoms with E-state index in [1.165, 1.54) is 18.6 Å². The summed E-state index contributed by atoms with van der Waals surface area (Å²) in [5.41, 5.74) is -0.753. The molecule has 1 fully saturated rings. The van der Waals surface area contributed by atoms with Crippen LogP contribution in [0.25, 0.3) is 0 Å². The van der Waals surface area contributed by atoms with E-state index in [2.05, 4.69) is 9.97 Å². The zero-order chi connectivity index (χ0) is 28.5. The van der Waals surface area contributed by atoms with Crippen molar-refractivity contribution in [2.45, 2.75) is 54.2 Å². The third kappa shape index (κ3) is 6.67. The summed E-state index contributed by atoms with van der Waals surface area (Å²) < 4.78 is 101. The molecule has 0 radical (unpaired) electrons. The van der Waals surface area contributed by atoms with Crippen molar-refractivity contribution in [1.82, 2.24) is 14.9 Å². The molecule has 0 amide bonds. The van der Waals surface area contributed by atoms with Crippen LogP contribution in [-0.4, -0.2) is 49.5 Å². The van der Waals surface area contributed by atoms with Crippen molar-refractivity contribution in [3.8, 4) is 5.75 Å². The molecule has 1 aliphatic carbocycles. The lowest BCUT2D eigenvalue weighted by Crippen LogP contribution is -2.46. The van der Waals surface area contributed by atoms with Crippen LogP contribution in [0, 0.1) is 11.6 Å². The molecule has 6 nitrogen and oxygen atoms in total. The smallest absolute Gasteiger partial charge is 0.416 e. The third-order valence-corrected chi connectivity index (χ3v) is 8.72. The van der Waals surface area contributed by atoms with E-state index in [9.17, 15) is 26.0 Å². The molecular weight excluding hydrogens is 565 g/mol. The Bertz CT molecular complexity index is 1440. The summed E-state index contributed by atoms with van der Waals surface area (Å²) in [6, 6.07) is 5.30. The van der Waals surface area contributed by atoms with E-state index >= 15 is 4.39 Å². The van der Waals surface area contributed by atoms with Crippen molar-refractivity contribution < 1.29 is 35.1 Å². The van der Waals surface area contributed by atoms with Gasteiger partial charge in [-0.1, -0.05) is 11.6 Å². The van der Waals surface area contributed by atoms with E-state index in [4.69, 9.17) is 16.3 Å². The van der Waals surface area contributed by atoms with Crippen molar-refractivity contribution in [2.24, 2.45) is 0 Å². The first-order chi connectivity index (χ1) is 18.3. The van der Waals surface area contributed by atoms with Gasteiger partial charge in [-0.05, 0) is 75.2 Å². The van der Waals surface area contributed by atoms with Crippen molar-refractivity contribution in [2.75, 3.05) is 14.1 Å². The van der Waals surface area contributed by atoms with Crippen LogP contribution in [0.1, 0.15) is 42.0 Å². The molecule has 0 spiro atoms. The van der Waals surface area contributed by atoms with Crippen molar-refractivity contribution in [3.05, 3.63) is 82.4 Å². The molecule has 4 rings (SSSR count). The fourth-order valence-electron chi connectivity index (χ4n) is 4.79. The maximum atomic E-state index is 15.0. The Morgan fingerprint density at radius 2 is 1.82 bits per heavy atom.